The van der Waals surface area contributed by atoms with Crippen molar-refractivity contribution in [3.8, 4) is 0 Å². The lowest BCUT2D eigenvalue weighted by Gasteiger charge is -2.30. The fraction of sp³-hybridized carbons (Fsp3) is 0.421. The van der Waals surface area contributed by atoms with Crippen molar-refractivity contribution in [1.82, 2.24) is 4.31 Å². The summed E-state index contributed by atoms with van der Waals surface area (Å²) in [5, 5.41) is 4.68. The van der Waals surface area contributed by atoms with E-state index in [1.165, 1.54) is 21.2 Å². The summed E-state index contributed by atoms with van der Waals surface area (Å²) in [4.78, 5) is 12.6. The third-order valence-electron chi connectivity index (χ3n) is 4.60. The quantitative estimate of drug-likeness (QED) is 0.814. The molecule has 1 aliphatic heterocycles. The lowest BCUT2D eigenvalue weighted by molar-refractivity contribution is -0.120. The summed E-state index contributed by atoms with van der Waals surface area (Å²) in [6.45, 7) is 2.84. The van der Waals surface area contributed by atoms with Gasteiger partial charge in [0.15, 0.2) is 0 Å². The van der Waals surface area contributed by atoms with Crippen LogP contribution < -0.4 is 5.32 Å². The first kappa shape index (κ1) is 19.1. The maximum absolute atomic E-state index is 12.7. The summed E-state index contributed by atoms with van der Waals surface area (Å²) in [6.07, 6.45) is 3.50. The Morgan fingerprint density at radius 3 is 2.69 bits per heavy atom. The van der Waals surface area contributed by atoms with Crippen LogP contribution in [0.1, 0.15) is 31.7 Å². The van der Waals surface area contributed by atoms with Crippen LogP contribution in [0.5, 0.6) is 0 Å². The van der Waals surface area contributed by atoms with Crippen molar-refractivity contribution in [2.75, 3.05) is 18.4 Å². The van der Waals surface area contributed by atoms with Crippen molar-refractivity contribution < 1.29 is 13.2 Å². The van der Waals surface area contributed by atoms with Crippen LogP contribution in [-0.2, 0) is 21.2 Å². The minimum atomic E-state index is -3.50. The van der Waals surface area contributed by atoms with E-state index < -0.39 is 10.0 Å². The van der Waals surface area contributed by atoms with E-state index in [0.29, 0.717) is 23.6 Å². The number of rotatable bonds is 6. The summed E-state index contributed by atoms with van der Waals surface area (Å²) in [5.41, 5.74) is 2.00. The van der Waals surface area contributed by atoms with Crippen molar-refractivity contribution >= 4 is 33.0 Å². The van der Waals surface area contributed by atoms with Crippen LogP contribution >= 0.6 is 11.3 Å². The molecular weight excluding hydrogens is 368 g/mol. The number of sulfonamides is 1. The van der Waals surface area contributed by atoms with E-state index >= 15 is 0 Å². The number of carbonyl (C=O) groups is 1. The molecule has 7 heteroatoms. The maximum Gasteiger partial charge on any atom is 0.252 e. The number of nitrogens with one attached hydrogen (secondary N) is 1. The first-order valence-corrected chi connectivity index (χ1v) is 11.3. The zero-order valence-corrected chi connectivity index (χ0v) is 16.5. The Morgan fingerprint density at radius 1 is 1.27 bits per heavy atom. The minimum absolute atomic E-state index is 0.112. The molecule has 1 N–H and O–H groups in total. The van der Waals surface area contributed by atoms with Gasteiger partial charge in [-0.2, -0.15) is 4.31 Å². The Kier molecular flexibility index (Phi) is 6.11. The Morgan fingerprint density at radius 2 is 2.04 bits per heavy atom. The second-order valence-corrected chi connectivity index (χ2v) is 9.68. The van der Waals surface area contributed by atoms with E-state index in [2.05, 4.69) is 12.2 Å². The number of anilines is 1. The van der Waals surface area contributed by atoms with Crippen molar-refractivity contribution in [1.29, 1.82) is 0 Å². The van der Waals surface area contributed by atoms with E-state index in [1.54, 1.807) is 17.5 Å². The first-order chi connectivity index (χ1) is 12.5. The number of amides is 1. The average Bonchev–Trinajstić information content (AvgIpc) is 3.19. The number of nitrogens with zero attached hydrogens (tertiary/aromatic N) is 1. The summed E-state index contributed by atoms with van der Waals surface area (Å²) >= 11 is 1.21. The van der Waals surface area contributed by atoms with E-state index in [1.807, 2.05) is 24.3 Å². The summed E-state index contributed by atoms with van der Waals surface area (Å²) in [5.74, 6) is -0.437. The van der Waals surface area contributed by atoms with E-state index in [4.69, 9.17) is 0 Å². The van der Waals surface area contributed by atoms with Crippen LogP contribution in [0.2, 0.25) is 0 Å². The number of aryl methyl sites for hydroxylation is 1. The van der Waals surface area contributed by atoms with E-state index in [-0.39, 0.29) is 18.4 Å². The molecule has 1 amide bonds. The summed E-state index contributed by atoms with van der Waals surface area (Å²) in [7, 11) is -3.50. The average molecular weight is 393 g/mol. The Balaban J connectivity index is 1.64. The number of carbonyl (C=O) groups excluding carboxylic acids is 1. The SMILES string of the molecule is CCCc1ccc(NC(=O)C2CCCN(S(=O)(=O)c3cccs3)C2)cc1. The van der Waals surface area contributed by atoms with Crippen LogP contribution in [-0.4, -0.2) is 31.7 Å². The first-order valence-electron chi connectivity index (χ1n) is 8.94. The number of hydrogen-bond donors (Lipinski definition) is 1. The van der Waals surface area contributed by atoms with Crippen LogP contribution in [0, 0.1) is 5.92 Å². The molecule has 1 saturated heterocycles. The third-order valence-corrected chi connectivity index (χ3v) is 7.84. The van der Waals surface area contributed by atoms with Gasteiger partial charge in [0.05, 0.1) is 5.92 Å². The molecule has 26 heavy (non-hydrogen) atoms. The highest BCUT2D eigenvalue weighted by atomic mass is 32.2. The van der Waals surface area contributed by atoms with Gasteiger partial charge >= 0.3 is 0 Å². The van der Waals surface area contributed by atoms with Gasteiger partial charge in [-0.1, -0.05) is 31.5 Å². The van der Waals surface area contributed by atoms with Gasteiger partial charge in [0.1, 0.15) is 4.21 Å². The molecule has 0 radical (unpaired) electrons. The molecule has 140 valence electrons. The maximum atomic E-state index is 12.7. The molecule has 5 nitrogen and oxygen atoms in total. The lowest BCUT2D eigenvalue weighted by Crippen LogP contribution is -2.43. The highest BCUT2D eigenvalue weighted by Gasteiger charge is 2.33. The predicted octanol–water partition coefficient (Wildman–Crippen LogP) is 3.74. The molecule has 2 aromatic rings. The van der Waals surface area contributed by atoms with Crippen LogP contribution in [0.25, 0.3) is 0 Å². The van der Waals surface area contributed by atoms with Crippen molar-refractivity contribution in [2.24, 2.45) is 5.92 Å². The van der Waals surface area contributed by atoms with Gasteiger partial charge in [0.2, 0.25) is 5.91 Å². The van der Waals surface area contributed by atoms with Gasteiger partial charge in [-0.15, -0.1) is 11.3 Å². The lowest BCUT2D eigenvalue weighted by atomic mass is 9.98. The fourth-order valence-electron chi connectivity index (χ4n) is 3.20. The number of benzene rings is 1. The van der Waals surface area contributed by atoms with Gasteiger partial charge in [0, 0.05) is 18.8 Å². The van der Waals surface area contributed by atoms with Crippen molar-refractivity contribution in [3.63, 3.8) is 0 Å². The molecule has 1 unspecified atom stereocenters. The van der Waals surface area contributed by atoms with Gasteiger partial charge in [-0.05, 0) is 48.4 Å². The molecular formula is C19H24N2O3S2. The molecule has 1 atom stereocenters. The Bertz CT molecular complexity index is 830. The molecule has 1 fully saturated rings. The summed E-state index contributed by atoms with van der Waals surface area (Å²) < 4.78 is 27.1. The van der Waals surface area contributed by atoms with E-state index in [0.717, 1.165) is 18.5 Å². The highest BCUT2D eigenvalue weighted by Crippen LogP contribution is 2.27. The van der Waals surface area contributed by atoms with Crippen LogP contribution in [0.3, 0.4) is 0 Å². The molecule has 1 aromatic carbocycles. The zero-order valence-electron chi connectivity index (χ0n) is 14.8. The minimum Gasteiger partial charge on any atom is -0.326 e. The molecule has 0 saturated carbocycles. The number of piperidine rings is 1. The Labute approximate surface area is 159 Å². The second kappa shape index (κ2) is 8.33. The van der Waals surface area contributed by atoms with Gasteiger partial charge in [-0.3, -0.25) is 4.79 Å². The molecule has 0 bridgehead atoms. The van der Waals surface area contributed by atoms with E-state index in [9.17, 15) is 13.2 Å². The van der Waals surface area contributed by atoms with Crippen LogP contribution in [0.15, 0.2) is 46.0 Å². The van der Waals surface area contributed by atoms with Gasteiger partial charge in [-0.25, -0.2) is 8.42 Å². The van der Waals surface area contributed by atoms with Gasteiger partial charge < -0.3 is 5.32 Å². The molecule has 0 aliphatic carbocycles. The standard InChI is InChI=1S/C19H24N2O3S2/c1-2-5-15-8-10-17(11-9-15)20-19(22)16-6-3-12-21(14-16)26(23,24)18-7-4-13-25-18/h4,7-11,13,16H,2-3,5-6,12,14H2,1H3,(H,20,22). The molecule has 3 rings (SSSR count). The zero-order chi connectivity index (χ0) is 18.6. The topological polar surface area (TPSA) is 66.5 Å². The monoisotopic (exact) mass is 392 g/mol. The largest absolute Gasteiger partial charge is 0.326 e. The van der Waals surface area contributed by atoms with Crippen molar-refractivity contribution in [3.05, 3.63) is 47.3 Å². The molecule has 0 spiro atoms. The fourth-order valence-corrected chi connectivity index (χ4v) is 5.87. The molecule has 1 aromatic heterocycles. The molecule has 2 heterocycles. The highest BCUT2D eigenvalue weighted by molar-refractivity contribution is 7.91. The molecule has 1 aliphatic rings. The van der Waals surface area contributed by atoms with Gasteiger partial charge in [0.25, 0.3) is 10.0 Å². The summed E-state index contributed by atoms with van der Waals surface area (Å²) in [6, 6.07) is 11.2. The van der Waals surface area contributed by atoms with Crippen molar-refractivity contribution in [2.45, 2.75) is 36.8 Å². The normalized spacial score (nSPS) is 18.6. The smallest absolute Gasteiger partial charge is 0.252 e. The Hall–Kier alpha value is -1.70. The number of hydrogen-bond acceptors (Lipinski definition) is 4. The number of thiophene rings is 1. The third kappa shape index (κ3) is 4.34. The van der Waals surface area contributed by atoms with Crippen LogP contribution in [0.4, 0.5) is 5.69 Å². The second-order valence-electron chi connectivity index (χ2n) is 6.57. The predicted molar refractivity (Wildman–Crippen MR) is 105 cm³/mol.